The van der Waals surface area contributed by atoms with Crippen molar-refractivity contribution in [1.29, 1.82) is 0 Å². The Hall–Kier alpha value is -3.94. The van der Waals surface area contributed by atoms with Crippen molar-refractivity contribution in [3.8, 4) is 16.2 Å². The van der Waals surface area contributed by atoms with E-state index in [1.54, 1.807) is 11.3 Å². The van der Waals surface area contributed by atoms with Gasteiger partial charge < -0.3 is 14.5 Å². The third kappa shape index (κ3) is 8.62. The van der Waals surface area contributed by atoms with Crippen molar-refractivity contribution < 1.29 is 14.3 Å². The van der Waals surface area contributed by atoms with Gasteiger partial charge in [0.15, 0.2) is 0 Å². The minimum atomic E-state index is -0.233. The van der Waals surface area contributed by atoms with E-state index < -0.39 is 0 Å². The van der Waals surface area contributed by atoms with Gasteiger partial charge in [-0.1, -0.05) is 75.2 Å². The minimum absolute atomic E-state index is 0.100. The summed E-state index contributed by atoms with van der Waals surface area (Å²) in [5, 5.41) is 0. The molecule has 7 heteroatoms. The summed E-state index contributed by atoms with van der Waals surface area (Å²) in [6.45, 7) is 10.1. The molecular formula is C38H45N3O3S. The molecule has 0 aliphatic carbocycles. The number of benzene rings is 3. The molecule has 2 aromatic heterocycles. The normalized spacial score (nSPS) is 12.2. The molecule has 0 saturated carbocycles. The van der Waals surface area contributed by atoms with E-state index >= 15 is 0 Å². The number of thiophene rings is 1. The number of para-hydroxylation sites is 2. The second kappa shape index (κ2) is 15.9. The molecule has 1 atom stereocenters. The zero-order chi connectivity index (χ0) is 31.6. The van der Waals surface area contributed by atoms with E-state index in [4.69, 9.17) is 14.5 Å². The van der Waals surface area contributed by atoms with Crippen LogP contribution in [-0.2, 0) is 22.7 Å². The third-order valence-corrected chi connectivity index (χ3v) is 9.40. The number of esters is 1. The highest BCUT2D eigenvalue weighted by molar-refractivity contribution is 7.15. The molecule has 5 aromatic rings. The molecule has 0 saturated heterocycles. The zero-order valence-electron chi connectivity index (χ0n) is 26.9. The summed E-state index contributed by atoms with van der Waals surface area (Å²) in [4.78, 5) is 25.2. The van der Waals surface area contributed by atoms with Crippen molar-refractivity contribution in [3.63, 3.8) is 0 Å². The Labute approximate surface area is 271 Å². The van der Waals surface area contributed by atoms with E-state index in [0.717, 1.165) is 28.2 Å². The molecule has 0 fully saturated rings. The van der Waals surface area contributed by atoms with Gasteiger partial charge in [0.25, 0.3) is 0 Å². The van der Waals surface area contributed by atoms with Crippen LogP contribution in [0.4, 0.5) is 0 Å². The summed E-state index contributed by atoms with van der Waals surface area (Å²) >= 11 is 1.74. The molecule has 3 aromatic carbocycles. The second-order valence-electron chi connectivity index (χ2n) is 11.6. The Morgan fingerprint density at radius 1 is 0.911 bits per heavy atom. The van der Waals surface area contributed by atoms with Crippen LogP contribution in [0.2, 0.25) is 0 Å². The molecular weight excluding hydrogens is 579 g/mol. The van der Waals surface area contributed by atoms with Gasteiger partial charge in [0, 0.05) is 16.3 Å². The Morgan fingerprint density at radius 3 is 2.33 bits per heavy atom. The van der Waals surface area contributed by atoms with Gasteiger partial charge in [0.1, 0.15) is 18.2 Å². The van der Waals surface area contributed by atoms with Crippen LogP contribution >= 0.6 is 11.3 Å². The number of rotatable bonds is 16. The monoisotopic (exact) mass is 623 g/mol. The molecule has 5 rings (SSSR count). The van der Waals surface area contributed by atoms with E-state index in [-0.39, 0.29) is 18.6 Å². The zero-order valence-corrected chi connectivity index (χ0v) is 27.7. The van der Waals surface area contributed by atoms with Gasteiger partial charge in [-0.2, -0.15) is 0 Å². The molecule has 0 spiro atoms. The fourth-order valence-electron chi connectivity index (χ4n) is 5.81. The number of H-pyrrole nitrogens is 1. The van der Waals surface area contributed by atoms with Gasteiger partial charge >= 0.3 is 5.97 Å². The second-order valence-corrected chi connectivity index (χ2v) is 12.8. The molecule has 45 heavy (non-hydrogen) atoms. The molecule has 0 bridgehead atoms. The number of ether oxygens (including phenoxy) is 2. The Balaban J connectivity index is 1.21. The lowest BCUT2D eigenvalue weighted by molar-refractivity contribution is -0.145. The number of hydrogen-bond acceptors (Lipinski definition) is 6. The first kappa shape index (κ1) is 32.5. The van der Waals surface area contributed by atoms with E-state index in [0.29, 0.717) is 25.7 Å². The van der Waals surface area contributed by atoms with Crippen molar-refractivity contribution in [2.45, 2.75) is 78.5 Å². The van der Waals surface area contributed by atoms with Crippen LogP contribution in [-0.4, -0.2) is 34.0 Å². The average molecular weight is 624 g/mol. The summed E-state index contributed by atoms with van der Waals surface area (Å²) in [6.07, 6.45) is 4.89. The maximum atomic E-state index is 12.5. The Kier molecular flexibility index (Phi) is 11.4. The van der Waals surface area contributed by atoms with Gasteiger partial charge in [0.2, 0.25) is 0 Å². The van der Waals surface area contributed by atoms with E-state index in [2.05, 4.69) is 91.3 Å². The van der Waals surface area contributed by atoms with Crippen molar-refractivity contribution in [2.75, 3.05) is 13.2 Å². The van der Waals surface area contributed by atoms with Crippen LogP contribution in [0, 0.1) is 0 Å². The van der Waals surface area contributed by atoms with Gasteiger partial charge in [-0.25, -0.2) is 4.98 Å². The molecule has 0 amide bonds. The molecule has 0 aliphatic rings. The van der Waals surface area contributed by atoms with Crippen LogP contribution in [0.15, 0.2) is 84.9 Å². The van der Waals surface area contributed by atoms with Crippen LogP contribution in [0.25, 0.3) is 21.5 Å². The lowest BCUT2D eigenvalue weighted by Crippen LogP contribution is -2.33. The molecule has 1 unspecified atom stereocenters. The van der Waals surface area contributed by atoms with Crippen LogP contribution < -0.4 is 4.74 Å². The third-order valence-electron chi connectivity index (χ3n) is 8.28. The highest BCUT2D eigenvalue weighted by Gasteiger charge is 2.23. The maximum absolute atomic E-state index is 12.5. The topological polar surface area (TPSA) is 67.4 Å². The first-order valence-electron chi connectivity index (χ1n) is 16.2. The van der Waals surface area contributed by atoms with Crippen molar-refractivity contribution in [1.82, 2.24) is 14.9 Å². The summed E-state index contributed by atoms with van der Waals surface area (Å²) in [7, 11) is 0. The SMILES string of the molecule is CCCC(CCC)c1ccc(OCc2ccc(-c3ccc(CN(CC(=O)OCC)C(C)c4nc5ccccc5[nH]4)s3)cc2)cc1. The Morgan fingerprint density at radius 2 is 1.64 bits per heavy atom. The minimum Gasteiger partial charge on any atom is -0.489 e. The van der Waals surface area contributed by atoms with Gasteiger partial charge in [-0.3, -0.25) is 9.69 Å². The molecule has 6 nitrogen and oxygen atoms in total. The summed E-state index contributed by atoms with van der Waals surface area (Å²) in [5.41, 5.74) is 5.63. The van der Waals surface area contributed by atoms with Gasteiger partial charge in [0.05, 0.1) is 30.2 Å². The van der Waals surface area contributed by atoms with Crippen LogP contribution in [0.3, 0.4) is 0 Å². The smallest absolute Gasteiger partial charge is 0.320 e. The van der Waals surface area contributed by atoms with E-state index in [1.807, 2.05) is 31.2 Å². The fraction of sp³-hybridized carbons (Fsp3) is 0.368. The number of fused-ring (bicyclic) bond motifs is 1. The number of nitrogens with zero attached hydrogens (tertiary/aromatic N) is 2. The van der Waals surface area contributed by atoms with Gasteiger partial charge in [-0.05, 0) is 85.7 Å². The number of aromatic amines is 1. The van der Waals surface area contributed by atoms with Crippen molar-refractivity contribution >= 4 is 28.3 Å². The number of carbonyl (C=O) groups excluding carboxylic acids is 1. The first-order chi connectivity index (χ1) is 22.0. The highest BCUT2D eigenvalue weighted by atomic mass is 32.1. The fourth-order valence-corrected chi connectivity index (χ4v) is 6.85. The lowest BCUT2D eigenvalue weighted by atomic mass is 9.90. The number of hydrogen-bond donors (Lipinski definition) is 1. The van der Waals surface area contributed by atoms with E-state index in [1.165, 1.54) is 46.6 Å². The van der Waals surface area contributed by atoms with Crippen molar-refractivity contribution in [3.05, 3.63) is 107 Å². The summed E-state index contributed by atoms with van der Waals surface area (Å²) in [6, 6.07) is 29.5. The molecule has 1 N–H and O–H groups in total. The largest absolute Gasteiger partial charge is 0.489 e. The first-order valence-corrected chi connectivity index (χ1v) is 17.0. The molecule has 0 aliphatic heterocycles. The van der Waals surface area contributed by atoms with Gasteiger partial charge in [-0.15, -0.1) is 11.3 Å². The summed E-state index contributed by atoms with van der Waals surface area (Å²) < 4.78 is 11.4. The molecule has 0 radical (unpaired) electrons. The lowest BCUT2D eigenvalue weighted by Gasteiger charge is -2.26. The van der Waals surface area contributed by atoms with E-state index in [9.17, 15) is 4.79 Å². The number of nitrogens with one attached hydrogen (secondary N) is 1. The van der Waals surface area contributed by atoms with Crippen LogP contribution in [0.5, 0.6) is 5.75 Å². The predicted octanol–water partition coefficient (Wildman–Crippen LogP) is 9.68. The quantitative estimate of drug-likeness (QED) is 0.111. The number of aromatic nitrogens is 2. The number of carbonyl (C=O) groups is 1. The Bertz CT molecular complexity index is 1600. The predicted molar refractivity (Wildman–Crippen MR) is 185 cm³/mol. The number of imidazole rings is 1. The van der Waals surface area contributed by atoms with Crippen molar-refractivity contribution in [2.24, 2.45) is 0 Å². The molecule has 236 valence electrons. The van der Waals surface area contributed by atoms with Crippen LogP contribution in [0.1, 0.15) is 87.2 Å². The average Bonchev–Trinajstić information content (AvgIpc) is 3.71. The maximum Gasteiger partial charge on any atom is 0.320 e. The molecule has 2 heterocycles. The standard InChI is InChI=1S/C38H45N3O3S/c1-5-10-29(11-6-2)30-18-20-32(21-19-30)44-26-28-14-16-31(17-15-28)36-23-22-33(45-36)24-41(25-37(42)43-7-3)27(4)38-39-34-12-8-9-13-35(34)40-38/h8-9,12-23,27,29H,5-7,10-11,24-26H2,1-4H3,(H,39,40). The highest BCUT2D eigenvalue weighted by Crippen LogP contribution is 2.32. The summed E-state index contributed by atoms with van der Waals surface area (Å²) in [5.74, 6) is 2.15.